The first-order chi connectivity index (χ1) is 8.90. The zero-order chi connectivity index (χ0) is 14.3. The standard InChI is InChI=1S/C11H13F3N2O3/c1-18-10-3-2-8(6-15-10)16-9(17)4-5-19-7-11(12,13)14/h2-3,6H,4-5,7H2,1H3,(H,16,17). The maximum Gasteiger partial charge on any atom is 0.411 e. The highest BCUT2D eigenvalue weighted by Gasteiger charge is 2.27. The molecule has 1 amide bonds. The lowest BCUT2D eigenvalue weighted by molar-refractivity contribution is -0.174. The largest absolute Gasteiger partial charge is 0.481 e. The number of nitrogens with zero attached hydrogens (tertiary/aromatic N) is 1. The number of halogens is 3. The summed E-state index contributed by atoms with van der Waals surface area (Å²) in [5, 5.41) is 2.47. The Labute approximate surface area is 107 Å². The Balaban J connectivity index is 2.27. The summed E-state index contributed by atoms with van der Waals surface area (Å²) in [4.78, 5) is 15.2. The maximum atomic E-state index is 11.8. The molecule has 0 aromatic carbocycles. The summed E-state index contributed by atoms with van der Waals surface area (Å²) in [5.41, 5.74) is 0.432. The number of amides is 1. The van der Waals surface area contributed by atoms with Gasteiger partial charge in [-0.3, -0.25) is 4.79 Å². The molecule has 106 valence electrons. The van der Waals surface area contributed by atoms with E-state index in [1.165, 1.54) is 13.3 Å². The number of aromatic nitrogens is 1. The predicted molar refractivity (Wildman–Crippen MR) is 60.9 cm³/mol. The third kappa shape index (κ3) is 6.61. The summed E-state index contributed by atoms with van der Waals surface area (Å²) >= 11 is 0. The number of methoxy groups -OCH3 is 1. The highest BCUT2D eigenvalue weighted by Crippen LogP contribution is 2.14. The van der Waals surface area contributed by atoms with Crippen LogP contribution < -0.4 is 10.1 Å². The van der Waals surface area contributed by atoms with Crippen molar-refractivity contribution in [1.29, 1.82) is 0 Å². The lowest BCUT2D eigenvalue weighted by Crippen LogP contribution is -2.20. The Morgan fingerprint density at radius 1 is 1.42 bits per heavy atom. The molecule has 0 radical (unpaired) electrons. The van der Waals surface area contributed by atoms with Crippen LogP contribution in [0.4, 0.5) is 18.9 Å². The average Bonchev–Trinajstić information content (AvgIpc) is 2.34. The second kappa shape index (κ2) is 6.93. The summed E-state index contributed by atoms with van der Waals surface area (Å²) in [5.74, 6) is -0.0550. The van der Waals surface area contributed by atoms with Crippen LogP contribution in [0.15, 0.2) is 18.3 Å². The first-order valence-corrected chi connectivity index (χ1v) is 5.35. The van der Waals surface area contributed by atoms with Crippen LogP contribution in [0.2, 0.25) is 0 Å². The summed E-state index contributed by atoms with van der Waals surface area (Å²) in [6.45, 7) is -1.65. The van der Waals surface area contributed by atoms with Gasteiger partial charge in [-0.05, 0) is 6.07 Å². The molecule has 0 saturated heterocycles. The lowest BCUT2D eigenvalue weighted by atomic mass is 10.3. The molecule has 8 heteroatoms. The zero-order valence-electron chi connectivity index (χ0n) is 10.2. The van der Waals surface area contributed by atoms with Gasteiger partial charge in [0.05, 0.1) is 32.0 Å². The number of ether oxygens (including phenoxy) is 2. The third-order valence-electron chi connectivity index (χ3n) is 1.97. The Hall–Kier alpha value is -1.83. The first kappa shape index (κ1) is 15.2. The third-order valence-corrected chi connectivity index (χ3v) is 1.97. The summed E-state index contributed by atoms with van der Waals surface area (Å²) in [7, 11) is 1.46. The van der Waals surface area contributed by atoms with Gasteiger partial charge < -0.3 is 14.8 Å². The molecule has 0 fully saturated rings. The monoisotopic (exact) mass is 278 g/mol. The van der Waals surface area contributed by atoms with E-state index in [0.717, 1.165) is 0 Å². The van der Waals surface area contributed by atoms with Crippen molar-refractivity contribution in [3.05, 3.63) is 18.3 Å². The molecule has 1 aromatic rings. The number of hydrogen-bond donors (Lipinski definition) is 1. The number of nitrogens with one attached hydrogen (secondary N) is 1. The quantitative estimate of drug-likeness (QED) is 0.808. The van der Waals surface area contributed by atoms with Crippen LogP contribution in [0, 0.1) is 0 Å². The van der Waals surface area contributed by atoms with Crippen LogP contribution in [0.25, 0.3) is 0 Å². The van der Waals surface area contributed by atoms with Crippen LogP contribution in [-0.4, -0.2) is 37.4 Å². The zero-order valence-corrected chi connectivity index (χ0v) is 10.2. The van der Waals surface area contributed by atoms with Gasteiger partial charge in [-0.25, -0.2) is 4.98 Å². The van der Waals surface area contributed by atoms with Gasteiger partial charge in [0, 0.05) is 6.07 Å². The Morgan fingerprint density at radius 3 is 2.68 bits per heavy atom. The molecular formula is C11H13F3N2O3. The highest BCUT2D eigenvalue weighted by atomic mass is 19.4. The normalized spacial score (nSPS) is 11.2. The summed E-state index contributed by atoms with van der Waals surface area (Å²) in [6, 6.07) is 3.12. The van der Waals surface area contributed by atoms with Gasteiger partial charge in [0.25, 0.3) is 0 Å². The van der Waals surface area contributed by atoms with E-state index in [0.29, 0.717) is 11.6 Å². The molecular weight excluding hydrogens is 265 g/mol. The van der Waals surface area contributed by atoms with Gasteiger partial charge in [0.2, 0.25) is 11.8 Å². The fraction of sp³-hybridized carbons (Fsp3) is 0.455. The van der Waals surface area contributed by atoms with Crippen molar-refractivity contribution in [3.63, 3.8) is 0 Å². The Kier molecular flexibility index (Phi) is 5.56. The molecule has 0 aliphatic heterocycles. The molecule has 0 spiro atoms. The van der Waals surface area contributed by atoms with Crippen LogP contribution in [-0.2, 0) is 9.53 Å². The van der Waals surface area contributed by atoms with Gasteiger partial charge in [-0.15, -0.1) is 0 Å². The van der Waals surface area contributed by atoms with E-state index in [2.05, 4.69) is 15.0 Å². The van der Waals surface area contributed by atoms with Crippen molar-refractivity contribution in [2.75, 3.05) is 25.6 Å². The Bertz CT molecular complexity index is 407. The SMILES string of the molecule is COc1ccc(NC(=O)CCOCC(F)(F)F)cn1. The van der Waals surface area contributed by atoms with E-state index < -0.39 is 18.7 Å². The van der Waals surface area contributed by atoms with Crippen molar-refractivity contribution < 1.29 is 27.4 Å². The van der Waals surface area contributed by atoms with E-state index in [1.54, 1.807) is 12.1 Å². The number of anilines is 1. The van der Waals surface area contributed by atoms with Crippen LogP contribution in [0.1, 0.15) is 6.42 Å². The van der Waals surface area contributed by atoms with Crippen LogP contribution in [0.5, 0.6) is 5.88 Å². The first-order valence-electron chi connectivity index (χ1n) is 5.35. The number of carbonyl (C=O) groups is 1. The molecule has 1 heterocycles. The van der Waals surface area contributed by atoms with Gasteiger partial charge in [0.1, 0.15) is 6.61 Å². The second-order valence-electron chi connectivity index (χ2n) is 3.56. The molecule has 0 aliphatic carbocycles. The topological polar surface area (TPSA) is 60.5 Å². The maximum absolute atomic E-state index is 11.8. The second-order valence-corrected chi connectivity index (χ2v) is 3.56. The molecule has 0 unspecified atom stereocenters. The van der Waals surface area contributed by atoms with Crippen molar-refractivity contribution in [1.82, 2.24) is 4.98 Å². The van der Waals surface area contributed by atoms with Gasteiger partial charge in [-0.2, -0.15) is 13.2 Å². The summed E-state index contributed by atoms with van der Waals surface area (Å²) < 4.78 is 44.4. The minimum absolute atomic E-state index is 0.165. The molecule has 1 N–H and O–H groups in total. The fourth-order valence-corrected chi connectivity index (χ4v) is 1.15. The number of carbonyl (C=O) groups excluding carboxylic acids is 1. The van der Waals surface area contributed by atoms with E-state index in [-0.39, 0.29) is 13.0 Å². The molecule has 0 saturated carbocycles. The molecule has 1 rings (SSSR count). The summed E-state index contributed by atoms with van der Waals surface area (Å²) in [6.07, 6.45) is -3.16. The van der Waals surface area contributed by atoms with Gasteiger partial charge >= 0.3 is 6.18 Å². The number of hydrogen-bond acceptors (Lipinski definition) is 4. The van der Waals surface area contributed by atoms with E-state index in [9.17, 15) is 18.0 Å². The van der Waals surface area contributed by atoms with E-state index in [1.807, 2.05) is 0 Å². The van der Waals surface area contributed by atoms with Crippen molar-refractivity contribution in [3.8, 4) is 5.88 Å². The highest BCUT2D eigenvalue weighted by molar-refractivity contribution is 5.90. The molecule has 0 bridgehead atoms. The smallest absolute Gasteiger partial charge is 0.411 e. The van der Waals surface area contributed by atoms with Crippen LogP contribution >= 0.6 is 0 Å². The average molecular weight is 278 g/mol. The predicted octanol–water partition coefficient (Wildman–Crippen LogP) is 2.00. The van der Waals surface area contributed by atoms with Crippen molar-refractivity contribution in [2.45, 2.75) is 12.6 Å². The van der Waals surface area contributed by atoms with Crippen molar-refractivity contribution in [2.24, 2.45) is 0 Å². The molecule has 1 aromatic heterocycles. The number of alkyl halides is 3. The van der Waals surface area contributed by atoms with Crippen LogP contribution in [0.3, 0.4) is 0 Å². The number of rotatable bonds is 6. The molecule has 19 heavy (non-hydrogen) atoms. The lowest BCUT2D eigenvalue weighted by Gasteiger charge is -2.08. The minimum atomic E-state index is -4.38. The minimum Gasteiger partial charge on any atom is -0.481 e. The van der Waals surface area contributed by atoms with Gasteiger partial charge in [-0.1, -0.05) is 0 Å². The number of pyridine rings is 1. The molecule has 0 aliphatic rings. The fourth-order valence-electron chi connectivity index (χ4n) is 1.15. The molecule has 5 nitrogen and oxygen atoms in total. The van der Waals surface area contributed by atoms with E-state index in [4.69, 9.17) is 4.74 Å². The van der Waals surface area contributed by atoms with Crippen molar-refractivity contribution >= 4 is 11.6 Å². The molecule has 0 atom stereocenters. The van der Waals surface area contributed by atoms with E-state index >= 15 is 0 Å². The Morgan fingerprint density at radius 2 is 2.16 bits per heavy atom. The van der Waals surface area contributed by atoms with Gasteiger partial charge in [0.15, 0.2) is 0 Å².